The quantitative estimate of drug-likeness (QED) is 0.773. The van der Waals surface area contributed by atoms with Crippen LogP contribution in [0.1, 0.15) is 32.9 Å². The largest absolute Gasteiger partial charge is 0.312 e. The van der Waals surface area contributed by atoms with Gasteiger partial charge in [0.25, 0.3) is 0 Å². The third-order valence-electron chi connectivity index (χ3n) is 2.83. The lowest BCUT2D eigenvalue weighted by Gasteiger charge is -2.19. The molecule has 0 spiro atoms. The molecule has 0 saturated carbocycles. The van der Waals surface area contributed by atoms with Crippen LogP contribution in [0, 0.1) is 0 Å². The van der Waals surface area contributed by atoms with Crippen LogP contribution in [0.4, 0.5) is 0 Å². The summed E-state index contributed by atoms with van der Waals surface area (Å²) in [6.07, 6.45) is 7.23. The summed E-state index contributed by atoms with van der Waals surface area (Å²) in [4.78, 5) is 2.16. The van der Waals surface area contributed by atoms with E-state index in [-0.39, 0.29) is 5.54 Å². The highest BCUT2D eigenvalue weighted by Gasteiger charge is 2.07. The van der Waals surface area contributed by atoms with Crippen molar-refractivity contribution in [2.45, 2.75) is 39.3 Å². The molecule has 1 aromatic rings. The van der Waals surface area contributed by atoms with Gasteiger partial charge in [-0.3, -0.25) is 4.68 Å². The van der Waals surface area contributed by atoms with Crippen LogP contribution in [-0.4, -0.2) is 47.4 Å². The fraction of sp³-hybridized carbons (Fsp3) is 0.667. The fourth-order valence-electron chi connectivity index (χ4n) is 1.74. The summed E-state index contributed by atoms with van der Waals surface area (Å²) in [5, 5.41) is 7.88. The lowest BCUT2D eigenvalue weighted by molar-refractivity contribution is 0.372. The second-order valence-corrected chi connectivity index (χ2v) is 7.13. The number of rotatable bonds is 7. The minimum atomic E-state index is 0.182. The van der Waals surface area contributed by atoms with E-state index >= 15 is 0 Å². The lowest BCUT2D eigenvalue weighted by atomic mass is 10.1. The van der Waals surface area contributed by atoms with E-state index in [1.807, 2.05) is 10.9 Å². The normalized spacial score (nSPS) is 12.8. The maximum absolute atomic E-state index is 4.40. The second kappa shape index (κ2) is 7.96. The standard InChI is InChI=1S/C15H27BrN4/c1-15(2,3)17-9-7-6-8-14-13(16)12-18-20(14)11-10-19(4)5/h6,8,12,17H,7,9-11H2,1-5H3/b8-6+. The molecule has 0 fully saturated rings. The molecule has 1 N–H and O–H groups in total. The number of halogens is 1. The molecule has 0 radical (unpaired) electrons. The van der Waals surface area contributed by atoms with E-state index < -0.39 is 0 Å². The van der Waals surface area contributed by atoms with Crippen molar-refractivity contribution in [1.29, 1.82) is 0 Å². The highest BCUT2D eigenvalue weighted by Crippen LogP contribution is 2.17. The van der Waals surface area contributed by atoms with Gasteiger partial charge in [-0.15, -0.1) is 0 Å². The maximum Gasteiger partial charge on any atom is 0.0749 e. The van der Waals surface area contributed by atoms with Crippen LogP contribution >= 0.6 is 15.9 Å². The van der Waals surface area contributed by atoms with Gasteiger partial charge in [0.05, 0.1) is 22.9 Å². The summed E-state index contributed by atoms with van der Waals surface area (Å²) in [7, 11) is 4.15. The predicted molar refractivity (Wildman–Crippen MR) is 89.9 cm³/mol. The average molecular weight is 343 g/mol. The Hall–Kier alpha value is -0.650. The molecule has 0 bridgehead atoms. The molecule has 20 heavy (non-hydrogen) atoms. The van der Waals surface area contributed by atoms with E-state index in [1.165, 1.54) is 0 Å². The monoisotopic (exact) mass is 342 g/mol. The van der Waals surface area contributed by atoms with Gasteiger partial charge in [0.15, 0.2) is 0 Å². The smallest absolute Gasteiger partial charge is 0.0749 e. The summed E-state index contributed by atoms with van der Waals surface area (Å²) in [6.45, 7) is 9.43. The highest BCUT2D eigenvalue weighted by atomic mass is 79.9. The third-order valence-corrected chi connectivity index (χ3v) is 3.45. The Bertz CT molecular complexity index is 430. The zero-order valence-corrected chi connectivity index (χ0v) is 14.9. The third kappa shape index (κ3) is 6.68. The van der Waals surface area contributed by atoms with Crippen molar-refractivity contribution in [1.82, 2.24) is 20.0 Å². The van der Waals surface area contributed by atoms with Crippen molar-refractivity contribution in [3.63, 3.8) is 0 Å². The van der Waals surface area contributed by atoms with Gasteiger partial charge in [0.1, 0.15) is 0 Å². The summed E-state index contributed by atoms with van der Waals surface area (Å²) in [5.41, 5.74) is 1.32. The van der Waals surface area contributed by atoms with Crippen LogP contribution < -0.4 is 5.32 Å². The molecule has 1 rings (SSSR count). The van der Waals surface area contributed by atoms with Crippen molar-refractivity contribution >= 4 is 22.0 Å². The van der Waals surface area contributed by atoms with E-state index in [4.69, 9.17) is 0 Å². The zero-order valence-electron chi connectivity index (χ0n) is 13.3. The van der Waals surface area contributed by atoms with E-state index in [0.29, 0.717) is 0 Å². The molecule has 0 amide bonds. The first-order chi connectivity index (χ1) is 9.29. The van der Waals surface area contributed by atoms with Crippen molar-refractivity contribution in [3.8, 4) is 0 Å². The number of nitrogens with one attached hydrogen (secondary N) is 1. The first-order valence-electron chi connectivity index (χ1n) is 7.07. The average Bonchev–Trinajstić information content (AvgIpc) is 2.66. The fourth-order valence-corrected chi connectivity index (χ4v) is 2.16. The van der Waals surface area contributed by atoms with Gasteiger partial charge in [-0.1, -0.05) is 6.08 Å². The van der Waals surface area contributed by atoms with Gasteiger partial charge in [0, 0.05) is 12.1 Å². The maximum atomic E-state index is 4.40. The molecule has 0 aromatic carbocycles. The van der Waals surface area contributed by atoms with Gasteiger partial charge in [0.2, 0.25) is 0 Å². The Morgan fingerprint density at radius 3 is 2.70 bits per heavy atom. The molecule has 0 saturated heterocycles. The Kier molecular flexibility index (Phi) is 6.92. The molecule has 1 heterocycles. The topological polar surface area (TPSA) is 33.1 Å². The van der Waals surface area contributed by atoms with Gasteiger partial charge in [-0.05, 0) is 69.8 Å². The molecule has 0 aliphatic rings. The number of aromatic nitrogens is 2. The van der Waals surface area contributed by atoms with Crippen LogP contribution in [0.15, 0.2) is 16.7 Å². The van der Waals surface area contributed by atoms with Gasteiger partial charge in [-0.25, -0.2) is 0 Å². The summed E-state index contributed by atoms with van der Waals surface area (Å²) < 4.78 is 3.09. The molecule has 114 valence electrons. The molecule has 5 heteroatoms. The molecule has 4 nitrogen and oxygen atoms in total. The minimum absolute atomic E-state index is 0.182. The summed E-state index contributed by atoms with van der Waals surface area (Å²) in [5.74, 6) is 0. The van der Waals surface area contributed by atoms with Crippen molar-refractivity contribution in [2.75, 3.05) is 27.2 Å². The number of hydrogen-bond donors (Lipinski definition) is 1. The lowest BCUT2D eigenvalue weighted by Crippen LogP contribution is -2.36. The molecular formula is C15H27BrN4. The van der Waals surface area contributed by atoms with Crippen LogP contribution in [0.2, 0.25) is 0 Å². The Morgan fingerprint density at radius 1 is 1.40 bits per heavy atom. The molecule has 0 atom stereocenters. The van der Waals surface area contributed by atoms with Crippen molar-refractivity contribution in [3.05, 3.63) is 22.4 Å². The number of nitrogens with zero attached hydrogens (tertiary/aromatic N) is 3. The second-order valence-electron chi connectivity index (χ2n) is 6.27. The van der Waals surface area contributed by atoms with E-state index in [1.54, 1.807) is 0 Å². The van der Waals surface area contributed by atoms with E-state index in [0.717, 1.165) is 36.2 Å². The summed E-state index contributed by atoms with van der Waals surface area (Å²) in [6, 6.07) is 0. The molecule has 0 unspecified atom stereocenters. The molecule has 1 aromatic heterocycles. The van der Waals surface area contributed by atoms with Crippen LogP contribution in [0.25, 0.3) is 6.08 Å². The number of likely N-dealkylation sites (N-methyl/N-ethyl adjacent to an activating group) is 1. The van der Waals surface area contributed by atoms with Crippen molar-refractivity contribution in [2.24, 2.45) is 0 Å². The van der Waals surface area contributed by atoms with Gasteiger partial charge < -0.3 is 10.2 Å². The van der Waals surface area contributed by atoms with E-state index in [2.05, 4.69) is 78.3 Å². The van der Waals surface area contributed by atoms with Gasteiger partial charge in [-0.2, -0.15) is 5.10 Å². The SMILES string of the molecule is CN(C)CCn1ncc(Br)c1/C=C/CCNC(C)(C)C. The van der Waals surface area contributed by atoms with Crippen LogP contribution in [0.3, 0.4) is 0 Å². The minimum Gasteiger partial charge on any atom is -0.312 e. The van der Waals surface area contributed by atoms with E-state index in [9.17, 15) is 0 Å². The summed E-state index contributed by atoms with van der Waals surface area (Å²) >= 11 is 3.56. The zero-order chi connectivity index (χ0) is 15.2. The molecule has 0 aliphatic heterocycles. The molecule has 0 aliphatic carbocycles. The highest BCUT2D eigenvalue weighted by molar-refractivity contribution is 9.10. The number of hydrogen-bond acceptors (Lipinski definition) is 3. The van der Waals surface area contributed by atoms with Crippen LogP contribution in [0.5, 0.6) is 0 Å². The van der Waals surface area contributed by atoms with Crippen LogP contribution in [-0.2, 0) is 6.54 Å². The molecular weight excluding hydrogens is 316 g/mol. The first kappa shape index (κ1) is 17.4. The van der Waals surface area contributed by atoms with Crippen molar-refractivity contribution < 1.29 is 0 Å². The first-order valence-corrected chi connectivity index (χ1v) is 7.86. The predicted octanol–water partition coefficient (Wildman–Crippen LogP) is 3.00. The Labute approximate surface area is 131 Å². The Balaban J connectivity index is 2.51. The van der Waals surface area contributed by atoms with Gasteiger partial charge >= 0.3 is 0 Å². The Morgan fingerprint density at radius 2 is 2.10 bits per heavy atom.